The van der Waals surface area contributed by atoms with Crippen molar-refractivity contribution >= 4 is 27.5 Å². The van der Waals surface area contributed by atoms with E-state index < -0.39 is 10.0 Å². The summed E-state index contributed by atoms with van der Waals surface area (Å²) in [4.78, 5) is 5.76. The molecule has 0 atom stereocenters. The van der Waals surface area contributed by atoms with Crippen molar-refractivity contribution in [2.75, 3.05) is 5.32 Å². The maximum atomic E-state index is 12.7. The number of primary sulfonamides is 1. The van der Waals surface area contributed by atoms with Crippen LogP contribution in [0.3, 0.4) is 0 Å². The number of nitrogens with two attached hydrogens (primary N) is 1. The minimum Gasteiger partial charge on any atom is -0.380 e. The van der Waals surface area contributed by atoms with Crippen molar-refractivity contribution < 1.29 is 8.42 Å². The van der Waals surface area contributed by atoms with Gasteiger partial charge in [0.15, 0.2) is 0 Å². The van der Waals surface area contributed by atoms with Crippen LogP contribution in [0.4, 0.5) is 5.69 Å². The zero-order valence-corrected chi connectivity index (χ0v) is 21.1. The highest BCUT2D eigenvalue weighted by Gasteiger charge is 2.20. The Morgan fingerprint density at radius 2 is 1.57 bits per heavy atom. The van der Waals surface area contributed by atoms with Gasteiger partial charge in [-0.1, -0.05) is 65.9 Å². The third-order valence-corrected chi connectivity index (χ3v) is 7.58. The zero-order chi connectivity index (χ0) is 24.7. The van der Waals surface area contributed by atoms with Gasteiger partial charge in [-0.15, -0.1) is 0 Å². The van der Waals surface area contributed by atoms with Gasteiger partial charge >= 0.3 is 0 Å². The largest absolute Gasteiger partial charge is 0.380 e. The number of benzene rings is 3. The van der Waals surface area contributed by atoms with E-state index >= 15 is 0 Å². The molecule has 0 saturated carbocycles. The summed E-state index contributed by atoms with van der Waals surface area (Å²) in [6.07, 6.45) is 3.54. The smallest absolute Gasteiger partial charge is 0.239 e. The van der Waals surface area contributed by atoms with Gasteiger partial charge in [0.05, 0.1) is 15.5 Å². The lowest BCUT2D eigenvalue weighted by Gasteiger charge is -2.18. The van der Waals surface area contributed by atoms with E-state index in [0.29, 0.717) is 24.5 Å². The molecule has 0 aliphatic carbocycles. The van der Waals surface area contributed by atoms with E-state index in [1.54, 1.807) is 18.5 Å². The van der Waals surface area contributed by atoms with Crippen LogP contribution in [0.1, 0.15) is 22.3 Å². The first-order valence-corrected chi connectivity index (χ1v) is 13.6. The van der Waals surface area contributed by atoms with Gasteiger partial charge in [0.2, 0.25) is 10.0 Å². The molecule has 35 heavy (non-hydrogen) atoms. The summed E-state index contributed by atoms with van der Waals surface area (Å²) in [7, 11) is -3.97. The summed E-state index contributed by atoms with van der Waals surface area (Å²) in [6, 6.07) is 25.5. The number of nitrogens with one attached hydrogen (secondary N) is 2. The highest BCUT2D eigenvalue weighted by atomic mass is 32.2. The third kappa shape index (κ3) is 7.16. The number of pyridine rings is 1. The summed E-state index contributed by atoms with van der Waals surface area (Å²) < 4.78 is 25.4. The molecule has 0 fully saturated rings. The molecule has 3 aromatic carbocycles. The molecule has 0 amide bonds. The first-order valence-electron chi connectivity index (χ1n) is 11.2. The SMILES string of the molecule is Cc1ccc(Sc2c(NCc3ccccc3)cc(CNCc3cccnc3)cc2S(N)(=O)=O)cc1. The van der Waals surface area contributed by atoms with Crippen molar-refractivity contribution in [1.29, 1.82) is 0 Å². The maximum absolute atomic E-state index is 12.7. The second kappa shape index (κ2) is 11.5. The van der Waals surface area contributed by atoms with E-state index in [9.17, 15) is 8.42 Å². The van der Waals surface area contributed by atoms with Gasteiger partial charge in [-0.25, -0.2) is 13.6 Å². The topological polar surface area (TPSA) is 97.1 Å². The van der Waals surface area contributed by atoms with Crippen LogP contribution in [0.5, 0.6) is 0 Å². The average molecular weight is 505 g/mol. The summed E-state index contributed by atoms with van der Waals surface area (Å²) in [5.41, 5.74) is 4.83. The van der Waals surface area contributed by atoms with Crippen LogP contribution in [0.15, 0.2) is 106 Å². The maximum Gasteiger partial charge on any atom is 0.239 e. The van der Waals surface area contributed by atoms with Crippen LogP contribution >= 0.6 is 11.8 Å². The van der Waals surface area contributed by atoms with Crippen molar-refractivity contribution in [3.05, 3.63) is 114 Å². The lowest BCUT2D eigenvalue weighted by atomic mass is 10.1. The van der Waals surface area contributed by atoms with Gasteiger partial charge in [-0.2, -0.15) is 0 Å². The van der Waals surface area contributed by atoms with Crippen LogP contribution in [0, 0.1) is 6.92 Å². The minimum atomic E-state index is -3.97. The summed E-state index contributed by atoms with van der Waals surface area (Å²) in [6.45, 7) is 3.67. The molecular formula is C27H28N4O2S2. The zero-order valence-electron chi connectivity index (χ0n) is 19.4. The second-order valence-electron chi connectivity index (χ2n) is 8.23. The number of aromatic nitrogens is 1. The fourth-order valence-corrected chi connectivity index (χ4v) is 5.65. The molecule has 6 nitrogen and oxygen atoms in total. The number of aryl methyl sites for hydroxylation is 1. The van der Waals surface area contributed by atoms with Gasteiger partial charge in [-0.3, -0.25) is 4.98 Å². The van der Waals surface area contributed by atoms with Crippen molar-refractivity contribution in [3.63, 3.8) is 0 Å². The first kappa shape index (κ1) is 24.9. The Hall–Kier alpha value is -3.17. The summed E-state index contributed by atoms with van der Waals surface area (Å²) >= 11 is 1.39. The molecule has 1 heterocycles. The molecule has 4 aromatic rings. The number of hydrogen-bond acceptors (Lipinski definition) is 6. The van der Waals surface area contributed by atoms with Crippen molar-refractivity contribution in [1.82, 2.24) is 10.3 Å². The van der Waals surface area contributed by atoms with Crippen LogP contribution in [0.25, 0.3) is 0 Å². The van der Waals surface area contributed by atoms with Crippen LogP contribution in [0.2, 0.25) is 0 Å². The number of sulfonamides is 1. The minimum absolute atomic E-state index is 0.110. The lowest BCUT2D eigenvalue weighted by Crippen LogP contribution is -2.17. The number of hydrogen-bond donors (Lipinski definition) is 3. The van der Waals surface area contributed by atoms with Crippen LogP contribution in [-0.2, 0) is 29.7 Å². The van der Waals surface area contributed by atoms with Crippen molar-refractivity contribution in [2.45, 2.75) is 41.2 Å². The van der Waals surface area contributed by atoms with E-state index in [4.69, 9.17) is 5.14 Å². The summed E-state index contributed by atoms with van der Waals surface area (Å²) in [5.74, 6) is 0. The molecule has 1 aromatic heterocycles. The lowest BCUT2D eigenvalue weighted by molar-refractivity contribution is 0.595. The van der Waals surface area contributed by atoms with Gasteiger partial charge in [0, 0.05) is 36.9 Å². The molecule has 0 saturated heterocycles. The highest BCUT2D eigenvalue weighted by molar-refractivity contribution is 8.00. The van der Waals surface area contributed by atoms with Crippen LogP contribution in [-0.4, -0.2) is 13.4 Å². The molecule has 0 radical (unpaired) electrons. The number of nitrogens with zero attached hydrogens (tertiary/aromatic N) is 1. The van der Waals surface area contributed by atoms with E-state index in [0.717, 1.165) is 32.8 Å². The fourth-order valence-electron chi connectivity index (χ4n) is 3.58. The average Bonchev–Trinajstić information content (AvgIpc) is 2.85. The monoisotopic (exact) mass is 504 g/mol. The standard InChI is InChI=1S/C27H28N4O2S2/c1-20-9-11-24(12-10-20)34-27-25(31-19-21-6-3-2-4-7-21)14-23(15-26(27)35(28,32)33)18-30-17-22-8-5-13-29-16-22/h2-16,30-31H,17-19H2,1H3,(H2,28,32,33). The Balaban J connectivity index is 1.67. The Labute approximate surface area is 211 Å². The first-order chi connectivity index (χ1) is 16.9. The van der Waals surface area contributed by atoms with Gasteiger partial charge < -0.3 is 10.6 Å². The second-order valence-corrected chi connectivity index (χ2v) is 10.8. The normalized spacial score (nSPS) is 11.4. The highest BCUT2D eigenvalue weighted by Crippen LogP contribution is 2.39. The number of rotatable bonds is 10. The molecule has 0 unspecified atom stereocenters. The fraction of sp³-hybridized carbons (Fsp3) is 0.148. The quantitative estimate of drug-likeness (QED) is 0.278. The molecule has 0 bridgehead atoms. The Kier molecular flexibility index (Phi) is 8.20. The molecule has 0 aliphatic rings. The molecule has 180 valence electrons. The van der Waals surface area contributed by atoms with Gasteiger partial charge in [0.25, 0.3) is 0 Å². The molecule has 8 heteroatoms. The van der Waals surface area contributed by atoms with E-state index in [1.165, 1.54) is 11.8 Å². The molecule has 4 N–H and O–H groups in total. The van der Waals surface area contributed by atoms with Crippen LogP contribution < -0.4 is 15.8 Å². The van der Waals surface area contributed by atoms with E-state index in [-0.39, 0.29) is 4.90 Å². The molecule has 0 aliphatic heterocycles. The predicted molar refractivity (Wildman–Crippen MR) is 142 cm³/mol. The van der Waals surface area contributed by atoms with E-state index in [2.05, 4.69) is 15.6 Å². The third-order valence-electron chi connectivity index (χ3n) is 5.37. The van der Waals surface area contributed by atoms with Gasteiger partial charge in [0.1, 0.15) is 0 Å². The molecule has 4 rings (SSSR count). The Morgan fingerprint density at radius 1 is 0.857 bits per heavy atom. The number of anilines is 1. The van der Waals surface area contributed by atoms with E-state index in [1.807, 2.05) is 79.7 Å². The van der Waals surface area contributed by atoms with Gasteiger partial charge in [-0.05, 0) is 53.9 Å². The van der Waals surface area contributed by atoms with Crippen molar-refractivity contribution in [3.8, 4) is 0 Å². The predicted octanol–water partition coefficient (Wildman–Crippen LogP) is 5.09. The summed E-state index contributed by atoms with van der Waals surface area (Å²) in [5, 5.41) is 12.5. The van der Waals surface area contributed by atoms with Crippen molar-refractivity contribution in [2.24, 2.45) is 5.14 Å². The molecular weight excluding hydrogens is 476 g/mol. The Morgan fingerprint density at radius 3 is 2.26 bits per heavy atom. The Bertz CT molecular complexity index is 1360. The molecule has 0 spiro atoms.